The van der Waals surface area contributed by atoms with Crippen molar-refractivity contribution in [3.63, 3.8) is 0 Å². The monoisotopic (exact) mass is 381 g/mol. The number of hydrogen-bond donors (Lipinski definition) is 2. The van der Waals surface area contributed by atoms with E-state index in [1.54, 1.807) is 12.1 Å². The molecule has 1 amide bonds. The summed E-state index contributed by atoms with van der Waals surface area (Å²) in [5, 5.41) is 18.0. The van der Waals surface area contributed by atoms with Gasteiger partial charge in [-0.2, -0.15) is 0 Å². The highest BCUT2D eigenvalue weighted by atomic mass is 32.1. The molecule has 0 saturated heterocycles. The second kappa shape index (κ2) is 7.79. The van der Waals surface area contributed by atoms with Crippen molar-refractivity contribution in [2.45, 2.75) is 0 Å². The van der Waals surface area contributed by atoms with Crippen LogP contribution in [0, 0.1) is 10.1 Å². The number of carbonyl (C=O) groups is 1. The second-order valence-electron chi connectivity index (χ2n) is 5.61. The van der Waals surface area contributed by atoms with Gasteiger partial charge in [-0.25, -0.2) is 0 Å². The minimum atomic E-state index is -0.490. The Bertz CT molecular complexity index is 1030. The number of carbonyl (C=O) groups excluding carboxylic acids is 1. The minimum absolute atomic E-state index is 0.0311. The zero-order valence-corrected chi connectivity index (χ0v) is 15.1. The van der Waals surface area contributed by atoms with Crippen LogP contribution in [0.15, 0.2) is 60.7 Å². The third-order valence-corrected chi connectivity index (χ3v) is 4.08. The van der Waals surface area contributed by atoms with Gasteiger partial charge in [-0.05, 0) is 47.3 Å². The van der Waals surface area contributed by atoms with Gasteiger partial charge in [0.1, 0.15) is 5.75 Å². The predicted molar refractivity (Wildman–Crippen MR) is 107 cm³/mol. The summed E-state index contributed by atoms with van der Waals surface area (Å²) in [6.45, 7) is 0. The average Bonchev–Trinajstić information content (AvgIpc) is 2.67. The number of hydrogen-bond acceptors (Lipinski definition) is 5. The summed E-state index contributed by atoms with van der Waals surface area (Å²) in [6.07, 6.45) is 0. The van der Waals surface area contributed by atoms with Crippen molar-refractivity contribution in [3.05, 3.63) is 76.3 Å². The standard InChI is InChI=1S/C19H15N3O4S/c1-26-17-11-13-5-3-2-4-12(13)10-16(17)18(23)21-19(27)20-14-6-8-15(9-7-14)22(24)25/h2-11H,1H3,(H2,20,21,23,27). The molecule has 3 rings (SSSR count). The Morgan fingerprint density at radius 2 is 1.70 bits per heavy atom. The van der Waals surface area contributed by atoms with Gasteiger partial charge in [-0.3, -0.25) is 20.2 Å². The Hall–Kier alpha value is -3.52. The highest BCUT2D eigenvalue weighted by Crippen LogP contribution is 2.26. The van der Waals surface area contributed by atoms with Crippen LogP contribution in [0.5, 0.6) is 5.75 Å². The van der Waals surface area contributed by atoms with Crippen molar-refractivity contribution in [2.24, 2.45) is 0 Å². The van der Waals surface area contributed by atoms with E-state index in [2.05, 4.69) is 10.6 Å². The van der Waals surface area contributed by atoms with Gasteiger partial charge in [-0.1, -0.05) is 24.3 Å². The molecule has 0 aliphatic carbocycles. The highest BCUT2D eigenvalue weighted by Gasteiger charge is 2.15. The molecule has 0 aliphatic heterocycles. The van der Waals surface area contributed by atoms with Crippen LogP contribution in [0.25, 0.3) is 10.8 Å². The van der Waals surface area contributed by atoms with Gasteiger partial charge in [-0.15, -0.1) is 0 Å². The summed E-state index contributed by atoms with van der Waals surface area (Å²) in [4.78, 5) is 22.8. The van der Waals surface area contributed by atoms with Crippen molar-refractivity contribution >= 4 is 45.4 Å². The summed E-state index contributed by atoms with van der Waals surface area (Å²) in [5.41, 5.74) is 0.844. The summed E-state index contributed by atoms with van der Waals surface area (Å²) in [5.74, 6) is 0.0151. The Kier molecular flexibility index (Phi) is 5.28. The molecular formula is C19H15N3O4S. The molecule has 0 heterocycles. The van der Waals surface area contributed by atoms with Crippen molar-refractivity contribution in [1.82, 2.24) is 5.32 Å². The van der Waals surface area contributed by atoms with E-state index in [0.717, 1.165) is 10.8 Å². The van der Waals surface area contributed by atoms with Gasteiger partial charge in [0, 0.05) is 17.8 Å². The topological polar surface area (TPSA) is 93.5 Å². The Morgan fingerprint density at radius 3 is 2.30 bits per heavy atom. The SMILES string of the molecule is COc1cc2ccccc2cc1C(=O)NC(=S)Nc1ccc([N+](=O)[O-])cc1. The maximum atomic E-state index is 12.6. The number of nitrogens with one attached hydrogen (secondary N) is 2. The van der Waals surface area contributed by atoms with E-state index in [9.17, 15) is 14.9 Å². The van der Waals surface area contributed by atoms with Crippen molar-refractivity contribution in [1.29, 1.82) is 0 Å². The van der Waals surface area contributed by atoms with Crippen LogP contribution in [0.4, 0.5) is 11.4 Å². The molecule has 0 atom stereocenters. The molecule has 0 aliphatic rings. The fraction of sp³-hybridized carbons (Fsp3) is 0.0526. The largest absolute Gasteiger partial charge is 0.496 e. The quantitative estimate of drug-likeness (QED) is 0.405. The van der Waals surface area contributed by atoms with Gasteiger partial charge >= 0.3 is 0 Å². The van der Waals surface area contributed by atoms with E-state index in [4.69, 9.17) is 17.0 Å². The van der Waals surface area contributed by atoms with Gasteiger partial charge < -0.3 is 10.1 Å². The molecule has 3 aromatic rings. The summed E-state index contributed by atoms with van der Waals surface area (Å²) in [7, 11) is 1.49. The zero-order chi connectivity index (χ0) is 19.4. The maximum Gasteiger partial charge on any atom is 0.269 e. The lowest BCUT2D eigenvalue weighted by Crippen LogP contribution is -2.34. The van der Waals surface area contributed by atoms with E-state index in [-0.39, 0.29) is 10.8 Å². The van der Waals surface area contributed by atoms with Gasteiger partial charge in [0.15, 0.2) is 5.11 Å². The van der Waals surface area contributed by atoms with Crippen LogP contribution in [0.3, 0.4) is 0 Å². The first kappa shape index (κ1) is 18.3. The molecule has 7 nitrogen and oxygen atoms in total. The number of nitro groups is 1. The number of amides is 1. The van der Waals surface area contributed by atoms with Crippen LogP contribution in [0.1, 0.15) is 10.4 Å². The molecular weight excluding hydrogens is 366 g/mol. The number of nitro benzene ring substituents is 1. The fourth-order valence-corrected chi connectivity index (χ4v) is 2.78. The Labute approximate surface area is 160 Å². The van der Waals surface area contributed by atoms with Crippen LogP contribution in [-0.4, -0.2) is 23.1 Å². The smallest absolute Gasteiger partial charge is 0.269 e. The van der Waals surface area contributed by atoms with Gasteiger partial charge in [0.25, 0.3) is 11.6 Å². The number of nitrogens with zero attached hydrogens (tertiary/aromatic N) is 1. The Morgan fingerprint density at radius 1 is 1.07 bits per heavy atom. The zero-order valence-electron chi connectivity index (χ0n) is 14.3. The Balaban J connectivity index is 1.75. The molecule has 0 unspecified atom stereocenters. The van der Waals surface area contributed by atoms with Gasteiger partial charge in [0.2, 0.25) is 0 Å². The lowest BCUT2D eigenvalue weighted by molar-refractivity contribution is -0.384. The molecule has 8 heteroatoms. The fourth-order valence-electron chi connectivity index (χ4n) is 2.57. The third kappa shape index (κ3) is 4.18. The molecule has 0 aromatic heterocycles. The lowest BCUT2D eigenvalue weighted by atomic mass is 10.1. The van der Waals surface area contributed by atoms with Gasteiger partial charge in [0.05, 0.1) is 17.6 Å². The van der Waals surface area contributed by atoms with E-state index in [0.29, 0.717) is 17.0 Å². The normalized spacial score (nSPS) is 10.3. The number of thiocarbonyl (C=S) groups is 1. The number of anilines is 1. The first-order valence-electron chi connectivity index (χ1n) is 7.91. The number of fused-ring (bicyclic) bond motifs is 1. The lowest BCUT2D eigenvalue weighted by Gasteiger charge is -2.12. The van der Waals surface area contributed by atoms with E-state index in [1.165, 1.54) is 31.4 Å². The highest BCUT2D eigenvalue weighted by molar-refractivity contribution is 7.80. The number of non-ortho nitro benzene ring substituents is 1. The van der Waals surface area contributed by atoms with Crippen molar-refractivity contribution in [3.8, 4) is 5.75 Å². The molecule has 0 radical (unpaired) electrons. The molecule has 3 aromatic carbocycles. The maximum absolute atomic E-state index is 12.6. The summed E-state index contributed by atoms with van der Waals surface area (Å²) < 4.78 is 5.32. The summed E-state index contributed by atoms with van der Waals surface area (Å²) in [6, 6.07) is 16.9. The van der Waals surface area contributed by atoms with E-state index < -0.39 is 10.8 Å². The molecule has 2 N–H and O–H groups in total. The average molecular weight is 381 g/mol. The van der Waals surface area contributed by atoms with Crippen molar-refractivity contribution < 1.29 is 14.5 Å². The van der Waals surface area contributed by atoms with Crippen LogP contribution in [-0.2, 0) is 0 Å². The van der Waals surface area contributed by atoms with Crippen LogP contribution in [0.2, 0.25) is 0 Å². The first-order chi connectivity index (χ1) is 13.0. The summed E-state index contributed by atoms with van der Waals surface area (Å²) >= 11 is 5.15. The molecule has 27 heavy (non-hydrogen) atoms. The third-order valence-electron chi connectivity index (χ3n) is 3.88. The molecule has 0 bridgehead atoms. The number of methoxy groups -OCH3 is 1. The minimum Gasteiger partial charge on any atom is -0.496 e. The number of benzene rings is 3. The van der Waals surface area contributed by atoms with Crippen LogP contribution < -0.4 is 15.4 Å². The molecule has 0 fully saturated rings. The van der Waals surface area contributed by atoms with Crippen LogP contribution >= 0.6 is 12.2 Å². The number of rotatable bonds is 4. The molecule has 136 valence electrons. The second-order valence-corrected chi connectivity index (χ2v) is 6.02. The predicted octanol–water partition coefficient (Wildman–Crippen LogP) is 3.88. The molecule has 0 spiro atoms. The number of ether oxygens (including phenoxy) is 1. The van der Waals surface area contributed by atoms with E-state index >= 15 is 0 Å². The first-order valence-corrected chi connectivity index (χ1v) is 8.32. The molecule has 0 saturated carbocycles. The van der Waals surface area contributed by atoms with E-state index in [1.807, 2.05) is 24.3 Å². The van der Waals surface area contributed by atoms with Crippen molar-refractivity contribution in [2.75, 3.05) is 12.4 Å².